The highest BCUT2D eigenvalue weighted by Gasteiger charge is 2.11. The zero-order valence-corrected chi connectivity index (χ0v) is 9.32. The van der Waals surface area contributed by atoms with Crippen LogP contribution in [0.2, 0.25) is 0 Å². The summed E-state index contributed by atoms with van der Waals surface area (Å²) in [7, 11) is 0. The van der Waals surface area contributed by atoms with Crippen molar-refractivity contribution in [2.45, 2.75) is 12.8 Å². The molecule has 1 atom stereocenters. The van der Waals surface area contributed by atoms with Crippen LogP contribution in [-0.2, 0) is 0 Å². The molecule has 0 aliphatic rings. The van der Waals surface area contributed by atoms with Gasteiger partial charge in [0.1, 0.15) is 0 Å². The normalized spacial score (nSPS) is 10.5. The molecule has 0 spiro atoms. The molecule has 0 N–H and O–H groups in total. The third-order valence-electron chi connectivity index (χ3n) is 1.72. The lowest BCUT2D eigenvalue weighted by atomic mass is 10.0. The first-order chi connectivity index (χ1) is 6.02. The van der Waals surface area contributed by atoms with Gasteiger partial charge in [0.2, 0.25) is 0 Å². The van der Waals surface area contributed by atoms with Gasteiger partial charge in [0.05, 0.1) is 4.92 Å². The van der Waals surface area contributed by atoms with Gasteiger partial charge in [-0.2, -0.15) is 0 Å². The van der Waals surface area contributed by atoms with Crippen molar-refractivity contribution in [1.29, 1.82) is 0 Å². The molecule has 0 aromatic heterocycles. The highest BCUT2D eigenvalue weighted by molar-refractivity contribution is 14.1. The Morgan fingerprint density at radius 1 is 1.62 bits per heavy atom. The summed E-state index contributed by atoms with van der Waals surface area (Å²) in [6, 6.07) is 4.84. The fraction of sp³-hybridized carbons (Fsp3) is 0.222. The second-order valence-corrected chi connectivity index (χ2v) is 4.03. The van der Waals surface area contributed by atoms with Crippen LogP contribution in [0.15, 0.2) is 18.2 Å². The summed E-state index contributed by atoms with van der Waals surface area (Å²) in [5.41, 5.74) is 1.06. The molecule has 0 aliphatic heterocycles. The Balaban J connectivity index is 3.19. The highest BCUT2D eigenvalue weighted by atomic mass is 127. The monoisotopic (exact) mass is 290 g/mol. The fourth-order valence-electron chi connectivity index (χ4n) is 1.02. The minimum absolute atomic E-state index is 0.0757. The Labute approximate surface area is 90.4 Å². The van der Waals surface area contributed by atoms with Crippen molar-refractivity contribution in [3.63, 3.8) is 0 Å². The second-order valence-electron chi connectivity index (χ2n) is 2.86. The molecule has 3 nitrogen and oxygen atoms in total. The molecule has 1 aromatic rings. The van der Waals surface area contributed by atoms with Gasteiger partial charge in [0.15, 0.2) is 0 Å². The Morgan fingerprint density at radius 3 is 2.69 bits per heavy atom. The van der Waals surface area contributed by atoms with Crippen LogP contribution in [0.3, 0.4) is 0 Å². The van der Waals surface area contributed by atoms with Gasteiger partial charge in [0.25, 0.3) is 5.69 Å². The predicted molar refractivity (Wildman–Crippen MR) is 59.6 cm³/mol. The standard InChI is InChI=1S/C9H9INO2/c1-6(2)8-5-7(11(12)13)3-4-9(8)10/h3-6H,1H2,2H3. The van der Waals surface area contributed by atoms with Gasteiger partial charge in [-0.05, 0) is 47.1 Å². The second kappa shape index (κ2) is 4.04. The Bertz CT molecular complexity index is 336. The van der Waals surface area contributed by atoms with E-state index in [1.807, 2.05) is 6.92 Å². The summed E-state index contributed by atoms with van der Waals surface area (Å²) in [6.07, 6.45) is 0. The van der Waals surface area contributed by atoms with Gasteiger partial charge in [0, 0.05) is 15.7 Å². The molecule has 1 unspecified atom stereocenters. The Kier molecular flexibility index (Phi) is 3.24. The molecule has 0 aliphatic carbocycles. The number of benzene rings is 1. The van der Waals surface area contributed by atoms with E-state index in [4.69, 9.17) is 0 Å². The summed E-state index contributed by atoms with van der Waals surface area (Å²) in [5, 5.41) is 10.5. The zero-order valence-electron chi connectivity index (χ0n) is 7.16. The molecule has 1 radical (unpaired) electrons. The van der Waals surface area contributed by atoms with Crippen molar-refractivity contribution in [3.05, 3.63) is 44.4 Å². The highest BCUT2D eigenvalue weighted by Crippen LogP contribution is 2.25. The zero-order chi connectivity index (χ0) is 10.0. The van der Waals surface area contributed by atoms with Gasteiger partial charge in [-0.1, -0.05) is 6.92 Å². The smallest absolute Gasteiger partial charge is 0.258 e. The first-order valence-corrected chi connectivity index (χ1v) is 4.87. The van der Waals surface area contributed by atoms with Crippen molar-refractivity contribution < 1.29 is 4.92 Å². The quantitative estimate of drug-likeness (QED) is 0.477. The largest absolute Gasteiger partial charge is 0.269 e. The SMILES string of the molecule is [CH2]C(C)c1cc([N+](=O)[O-])ccc1I. The van der Waals surface area contributed by atoms with Crippen molar-refractivity contribution in [2.24, 2.45) is 0 Å². The molecule has 0 saturated heterocycles. The van der Waals surface area contributed by atoms with Crippen LogP contribution in [0.5, 0.6) is 0 Å². The molecule has 0 saturated carbocycles. The molecule has 13 heavy (non-hydrogen) atoms. The van der Waals surface area contributed by atoms with Crippen LogP contribution < -0.4 is 0 Å². The molecule has 69 valence electrons. The van der Waals surface area contributed by atoms with E-state index in [0.717, 1.165) is 9.13 Å². The van der Waals surface area contributed by atoms with Crippen LogP contribution in [-0.4, -0.2) is 4.92 Å². The summed E-state index contributed by atoms with van der Waals surface area (Å²) in [4.78, 5) is 10.1. The lowest BCUT2D eigenvalue weighted by molar-refractivity contribution is -0.384. The van der Waals surface area contributed by atoms with E-state index in [2.05, 4.69) is 29.5 Å². The summed E-state index contributed by atoms with van der Waals surface area (Å²) in [6.45, 7) is 5.76. The Hall–Kier alpha value is -0.650. The van der Waals surface area contributed by atoms with E-state index < -0.39 is 0 Å². The van der Waals surface area contributed by atoms with Crippen LogP contribution >= 0.6 is 22.6 Å². The fourth-order valence-corrected chi connectivity index (χ4v) is 1.89. The molecule has 1 aromatic carbocycles. The van der Waals surface area contributed by atoms with Gasteiger partial charge >= 0.3 is 0 Å². The molecule has 4 heteroatoms. The van der Waals surface area contributed by atoms with Crippen molar-refractivity contribution in [1.82, 2.24) is 0 Å². The van der Waals surface area contributed by atoms with Gasteiger partial charge in [-0.15, -0.1) is 0 Å². The topological polar surface area (TPSA) is 43.1 Å². The van der Waals surface area contributed by atoms with E-state index in [0.29, 0.717) is 0 Å². The lowest BCUT2D eigenvalue weighted by Gasteiger charge is -2.06. The number of nitro benzene ring substituents is 1. The number of hydrogen-bond donors (Lipinski definition) is 0. The van der Waals surface area contributed by atoms with E-state index in [1.54, 1.807) is 12.1 Å². The summed E-state index contributed by atoms with van der Waals surface area (Å²) in [5.74, 6) is 0.0757. The maximum atomic E-state index is 10.5. The number of non-ortho nitro benzene ring substituents is 1. The first-order valence-electron chi connectivity index (χ1n) is 3.79. The first kappa shape index (κ1) is 10.4. The number of nitro groups is 1. The summed E-state index contributed by atoms with van der Waals surface area (Å²) < 4.78 is 1.02. The predicted octanol–water partition coefficient (Wildman–Crippen LogP) is 3.14. The van der Waals surface area contributed by atoms with Crippen LogP contribution in [0.4, 0.5) is 5.69 Å². The minimum Gasteiger partial charge on any atom is -0.258 e. The van der Waals surface area contributed by atoms with Crippen LogP contribution in [0.25, 0.3) is 0 Å². The molecule has 0 amide bonds. The van der Waals surface area contributed by atoms with Crippen molar-refractivity contribution in [3.8, 4) is 0 Å². The van der Waals surface area contributed by atoms with E-state index in [1.165, 1.54) is 6.07 Å². The van der Waals surface area contributed by atoms with Crippen LogP contribution in [0, 0.1) is 20.6 Å². The van der Waals surface area contributed by atoms with Gasteiger partial charge in [-0.3, -0.25) is 10.1 Å². The van der Waals surface area contributed by atoms with E-state index in [-0.39, 0.29) is 16.5 Å². The van der Waals surface area contributed by atoms with E-state index in [9.17, 15) is 10.1 Å². The van der Waals surface area contributed by atoms with Crippen molar-refractivity contribution in [2.75, 3.05) is 0 Å². The summed E-state index contributed by atoms with van der Waals surface area (Å²) >= 11 is 2.15. The Morgan fingerprint density at radius 2 is 2.23 bits per heavy atom. The average molecular weight is 290 g/mol. The maximum Gasteiger partial charge on any atom is 0.269 e. The molecule has 0 bridgehead atoms. The third kappa shape index (κ3) is 2.40. The average Bonchev–Trinajstić information content (AvgIpc) is 2.04. The van der Waals surface area contributed by atoms with Gasteiger partial charge < -0.3 is 0 Å². The maximum absolute atomic E-state index is 10.5. The number of rotatable bonds is 2. The molecule has 0 heterocycles. The molecule has 0 fully saturated rings. The van der Waals surface area contributed by atoms with Gasteiger partial charge in [-0.25, -0.2) is 0 Å². The minimum atomic E-state index is -0.387. The lowest BCUT2D eigenvalue weighted by Crippen LogP contribution is -1.95. The number of halogens is 1. The third-order valence-corrected chi connectivity index (χ3v) is 2.70. The van der Waals surface area contributed by atoms with Crippen molar-refractivity contribution >= 4 is 28.3 Å². The molecular formula is C9H9INO2. The number of hydrogen-bond acceptors (Lipinski definition) is 2. The van der Waals surface area contributed by atoms with E-state index >= 15 is 0 Å². The van der Waals surface area contributed by atoms with Crippen LogP contribution in [0.1, 0.15) is 18.4 Å². The molecule has 1 rings (SSSR count). The molecular weight excluding hydrogens is 281 g/mol. The number of nitrogens with zero attached hydrogens (tertiary/aromatic N) is 1.